The van der Waals surface area contributed by atoms with Gasteiger partial charge in [0.05, 0.1) is 7.11 Å². The average Bonchev–Trinajstić information content (AvgIpc) is 2.82. The van der Waals surface area contributed by atoms with Gasteiger partial charge in [0.2, 0.25) is 5.91 Å². The zero-order valence-corrected chi connectivity index (χ0v) is 21.7. The van der Waals surface area contributed by atoms with Crippen LogP contribution in [-0.2, 0) is 21.5 Å². The number of carbonyl (C=O) groups excluding carboxylic acids is 2. The minimum Gasteiger partial charge on any atom is -0.497 e. The van der Waals surface area contributed by atoms with Gasteiger partial charge < -0.3 is 19.7 Å². The van der Waals surface area contributed by atoms with Crippen LogP contribution in [0, 0.1) is 0 Å². The third kappa shape index (κ3) is 7.79. The summed E-state index contributed by atoms with van der Waals surface area (Å²) in [4.78, 5) is 28.0. The summed E-state index contributed by atoms with van der Waals surface area (Å²) in [6.45, 7) is 12.5. The molecular weight excluding hydrogens is 428 g/mol. The van der Waals surface area contributed by atoms with E-state index in [1.54, 1.807) is 12.0 Å². The van der Waals surface area contributed by atoms with Gasteiger partial charge in [-0.2, -0.15) is 0 Å². The molecule has 0 spiro atoms. The number of hydrogen-bond donors (Lipinski definition) is 1. The van der Waals surface area contributed by atoms with Crippen LogP contribution in [0.5, 0.6) is 11.5 Å². The van der Waals surface area contributed by atoms with Gasteiger partial charge in [-0.25, -0.2) is 0 Å². The molecule has 0 aliphatic rings. The fourth-order valence-corrected chi connectivity index (χ4v) is 3.57. The van der Waals surface area contributed by atoms with Crippen LogP contribution in [-0.4, -0.2) is 42.5 Å². The lowest BCUT2D eigenvalue weighted by atomic mass is 9.87. The molecule has 0 saturated carbocycles. The summed E-state index contributed by atoms with van der Waals surface area (Å²) in [5, 5.41) is 3.02. The molecule has 2 aromatic rings. The predicted octanol–water partition coefficient (Wildman–Crippen LogP) is 5.09. The molecule has 0 aromatic heterocycles. The Morgan fingerprint density at radius 2 is 1.53 bits per heavy atom. The number of hydrogen-bond acceptors (Lipinski definition) is 4. The van der Waals surface area contributed by atoms with Crippen LogP contribution in [0.2, 0.25) is 0 Å². The Morgan fingerprint density at radius 3 is 2.03 bits per heavy atom. The first kappa shape index (κ1) is 27.2. The molecule has 0 bridgehead atoms. The zero-order chi connectivity index (χ0) is 25.3. The highest BCUT2D eigenvalue weighted by molar-refractivity contribution is 5.88. The first-order valence-electron chi connectivity index (χ1n) is 12.0. The number of benzene rings is 2. The van der Waals surface area contributed by atoms with Gasteiger partial charge in [-0.15, -0.1) is 0 Å². The Morgan fingerprint density at radius 1 is 0.941 bits per heavy atom. The van der Waals surface area contributed by atoms with Crippen LogP contribution >= 0.6 is 0 Å². The van der Waals surface area contributed by atoms with Crippen molar-refractivity contribution in [1.82, 2.24) is 10.2 Å². The first-order valence-corrected chi connectivity index (χ1v) is 12.0. The second-order valence-corrected chi connectivity index (χ2v) is 9.67. The third-order valence-electron chi connectivity index (χ3n) is 5.98. The Hall–Kier alpha value is -3.02. The highest BCUT2D eigenvalue weighted by Gasteiger charge is 2.29. The summed E-state index contributed by atoms with van der Waals surface area (Å²) >= 11 is 0. The van der Waals surface area contributed by atoms with Crippen LogP contribution in [0.15, 0.2) is 48.5 Å². The molecule has 6 heteroatoms. The monoisotopic (exact) mass is 468 g/mol. The smallest absolute Gasteiger partial charge is 0.261 e. The van der Waals surface area contributed by atoms with E-state index in [0.29, 0.717) is 18.7 Å². The summed E-state index contributed by atoms with van der Waals surface area (Å²) in [5.74, 6) is 0.989. The number of amides is 2. The fourth-order valence-electron chi connectivity index (χ4n) is 3.57. The number of methoxy groups -OCH3 is 1. The average molecular weight is 469 g/mol. The van der Waals surface area contributed by atoms with Gasteiger partial charge in [0.1, 0.15) is 17.5 Å². The summed E-state index contributed by atoms with van der Waals surface area (Å²) in [6.07, 6.45) is 1.33. The Kier molecular flexibility index (Phi) is 9.97. The lowest BCUT2D eigenvalue weighted by Crippen LogP contribution is -2.51. The van der Waals surface area contributed by atoms with Crippen molar-refractivity contribution in [2.75, 3.05) is 13.7 Å². The molecule has 0 fully saturated rings. The second kappa shape index (κ2) is 12.4. The number of carbonyl (C=O) groups is 2. The summed E-state index contributed by atoms with van der Waals surface area (Å²) in [7, 11) is 1.61. The molecule has 2 aromatic carbocycles. The maximum Gasteiger partial charge on any atom is 0.261 e. The van der Waals surface area contributed by atoms with E-state index in [1.165, 1.54) is 5.56 Å². The molecule has 0 saturated heterocycles. The number of nitrogens with zero attached hydrogens (tertiary/aromatic N) is 1. The maximum absolute atomic E-state index is 13.3. The quantitative estimate of drug-likeness (QED) is 0.499. The van der Waals surface area contributed by atoms with E-state index in [2.05, 4.69) is 26.1 Å². The van der Waals surface area contributed by atoms with E-state index >= 15 is 0 Å². The van der Waals surface area contributed by atoms with E-state index in [4.69, 9.17) is 9.47 Å². The molecule has 0 heterocycles. The van der Waals surface area contributed by atoms with Gasteiger partial charge in [0, 0.05) is 12.6 Å². The van der Waals surface area contributed by atoms with Crippen LogP contribution < -0.4 is 14.8 Å². The largest absolute Gasteiger partial charge is 0.497 e. The molecule has 6 nitrogen and oxygen atoms in total. The Bertz CT molecular complexity index is 917. The van der Waals surface area contributed by atoms with Crippen molar-refractivity contribution in [3.63, 3.8) is 0 Å². The molecule has 2 atom stereocenters. The van der Waals surface area contributed by atoms with E-state index in [-0.39, 0.29) is 29.9 Å². The normalized spacial score (nSPS) is 13.0. The van der Waals surface area contributed by atoms with Crippen LogP contribution in [0.4, 0.5) is 0 Å². The van der Waals surface area contributed by atoms with Crippen LogP contribution in [0.1, 0.15) is 65.5 Å². The van der Waals surface area contributed by atoms with Crippen molar-refractivity contribution in [2.45, 2.75) is 78.4 Å². The van der Waals surface area contributed by atoms with Gasteiger partial charge in [-0.1, -0.05) is 58.9 Å². The molecule has 1 N–H and O–H groups in total. The van der Waals surface area contributed by atoms with Crippen molar-refractivity contribution in [2.24, 2.45) is 0 Å². The van der Waals surface area contributed by atoms with Crippen molar-refractivity contribution < 1.29 is 19.1 Å². The van der Waals surface area contributed by atoms with Gasteiger partial charge in [0.25, 0.3) is 5.91 Å². The van der Waals surface area contributed by atoms with Crippen LogP contribution in [0.3, 0.4) is 0 Å². The topological polar surface area (TPSA) is 67.9 Å². The van der Waals surface area contributed by atoms with Crippen molar-refractivity contribution in [1.29, 1.82) is 0 Å². The third-order valence-corrected chi connectivity index (χ3v) is 5.98. The molecular formula is C28H40N2O4. The number of rotatable bonds is 11. The molecule has 2 amide bonds. The molecule has 0 aliphatic carbocycles. The molecule has 34 heavy (non-hydrogen) atoms. The summed E-state index contributed by atoms with van der Waals surface area (Å²) in [5.41, 5.74) is 2.15. The molecule has 2 rings (SSSR count). The standard InChI is InChI=1S/C28H40N2O4/c1-8-20(3)29-27(32)25(9-2)30(18-21-10-14-23(33-7)15-11-21)26(31)19-34-24-16-12-22(13-17-24)28(4,5)6/h10-17,20,25H,8-9,18-19H2,1-7H3,(H,29,32). The van der Waals surface area contributed by atoms with Crippen molar-refractivity contribution in [3.05, 3.63) is 59.7 Å². The second-order valence-electron chi connectivity index (χ2n) is 9.67. The highest BCUT2D eigenvalue weighted by Crippen LogP contribution is 2.24. The van der Waals surface area contributed by atoms with E-state index < -0.39 is 6.04 Å². The highest BCUT2D eigenvalue weighted by atomic mass is 16.5. The van der Waals surface area contributed by atoms with Crippen molar-refractivity contribution >= 4 is 11.8 Å². The molecule has 186 valence electrons. The summed E-state index contributed by atoms with van der Waals surface area (Å²) in [6, 6.07) is 14.8. The molecule has 0 aliphatic heterocycles. The maximum atomic E-state index is 13.3. The zero-order valence-electron chi connectivity index (χ0n) is 21.7. The summed E-state index contributed by atoms with van der Waals surface area (Å²) < 4.78 is 11.1. The van der Waals surface area contributed by atoms with E-state index in [1.807, 2.05) is 69.3 Å². The van der Waals surface area contributed by atoms with Gasteiger partial charge in [0.15, 0.2) is 6.61 Å². The fraction of sp³-hybridized carbons (Fsp3) is 0.500. The lowest BCUT2D eigenvalue weighted by molar-refractivity contribution is -0.143. The minimum atomic E-state index is -0.588. The Balaban J connectivity index is 2.20. The lowest BCUT2D eigenvalue weighted by Gasteiger charge is -2.31. The minimum absolute atomic E-state index is 0.0390. The van der Waals surface area contributed by atoms with Crippen molar-refractivity contribution in [3.8, 4) is 11.5 Å². The van der Waals surface area contributed by atoms with Gasteiger partial charge in [-0.05, 0) is 60.6 Å². The van der Waals surface area contributed by atoms with E-state index in [0.717, 1.165) is 17.7 Å². The SMILES string of the molecule is CCC(C)NC(=O)C(CC)N(Cc1ccc(OC)cc1)C(=O)COc1ccc(C(C)(C)C)cc1. The molecule has 0 radical (unpaired) electrons. The molecule has 2 unspecified atom stereocenters. The van der Waals surface area contributed by atoms with E-state index in [9.17, 15) is 9.59 Å². The number of nitrogens with one attached hydrogen (secondary N) is 1. The number of ether oxygens (including phenoxy) is 2. The first-order chi connectivity index (χ1) is 16.1. The predicted molar refractivity (Wildman–Crippen MR) is 136 cm³/mol. The van der Waals surface area contributed by atoms with Gasteiger partial charge in [-0.3, -0.25) is 9.59 Å². The van der Waals surface area contributed by atoms with Crippen LogP contribution in [0.25, 0.3) is 0 Å². The van der Waals surface area contributed by atoms with Gasteiger partial charge >= 0.3 is 0 Å². The Labute approximate surface area is 204 Å².